The highest BCUT2D eigenvalue weighted by Crippen LogP contribution is 2.37. The van der Waals surface area contributed by atoms with Crippen LogP contribution in [-0.2, 0) is 4.43 Å². The van der Waals surface area contributed by atoms with Crippen LogP contribution in [-0.4, -0.2) is 37.3 Å². The highest BCUT2D eigenvalue weighted by atomic mass is 127. The molecular formula is C20H34INOSSi. The van der Waals surface area contributed by atoms with E-state index in [1.165, 1.54) is 29.9 Å². The molecule has 0 fully saturated rings. The van der Waals surface area contributed by atoms with Crippen LogP contribution in [0, 0.1) is 0 Å². The van der Waals surface area contributed by atoms with Crippen LogP contribution in [0.15, 0.2) is 30.3 Å². The molecule has 142 valence electrons. The predicted octanol–water partition coefficient (Wildman–Crippen LogP) is 2.71. The van der Waals surface area contributed by atoms with Crippen molar-refractivity contribution in [3.8, 4) is 0 Å². The van der Waals surface area contributed by atoms with Crippen LogP contribution < -0.4 is 24.0 Å². The Morgan fingerprint density at radius 3 is 2.36 bits per heavy atom. The average Bonchev–Trinajstić information content (AvgIpc) is 2.55. The van der Waals surface area contributed by atoms with E-state index in [4.69, 9.17) is 4.43 Å². The third kappa shape index (κ3) is 6.08. The summed E-state index contributed by atoms with van der Waals surface area (Å²) in [5.74, 6) is 0. The lowest BCUT2D eigenvalue weighted by molar-refractivity contribution is -0.577. The van der Waals surface area contributed by atoms with Gasteiger partial charge < -0.3 is 28.4 Å². The zero-order valence-corrected chi connectivity index (χ0v) is 20.6. The summed E-state index contributed by atoms with van der Waals surface area (Å²) in [5, 5.41) is 1.77. The number of benzene rings is 1. The minimum Gasteiger partial charge on any atom is -1.00 e. The van der Waals surface area contributed by atoms with E-state index in [9.17, 15) is 0 Å². The molecule has 0 aromatic heterocycles. The first-order valence-electron chi connectivity index (χ1n) is 9.11. The SMILES string of the molecule is CSC1=[N+]([C@H](CO[Si](C)(C)C(C)(C)C)c2ccccc2)CCCC1.[I-]. The number of halogens is 1. The third-order valence-corrected chi connectivity index (χ3v) is 11.0. The number of nitrogens with zero attached hydrogens (tertiary/aromatic N) is 1. The van der Waals surface area contributed by atoms with Gasteiger partial charge in [0.1, 0.15) is 13.2 Å². The van der Waals surface area contributed by atoms with E-state index in [2.05, 4.69) is 75.0 Å². The Balaban J connectivity index is 0.00000312. The lowest BCUT2D eigenvalue weighted by Gasteiger charge is -2.37. The zero-order valence-electron chi connectivity index (χ0n) is 16.6. The van der Waals surface area contributed by atoms with Crippen LogP contribution >= 0.6 is 11.8 Å². The molecule has 1 aromatic rings. The Labute approximate surface area is 177 Å². The largest absolute Gasteiger partial charge is 1.00 e. The molecule has 0 N–H and O–H groups in total. The topological polar surface area (TPSA) is 12.2 Å². The maximum Gasteiger partial charge on any atom is 0.210 e. The molecule has 1 heterocycles. The van der Waals surface area contributed by atoms with E-state index in [-0.39, 0.29) is 29.0 Å². The Hall–Kier alpha value is 0.147. The monoisotopic (exact) mass is 491 g/mol. The standard InChI is InChI=1S/C20H34NOSSi.HI/c1-20(2,3)24(5,6)22-16-18(17-12-8-7-9-13-17)21-15-11-10-14-19(21)23-4;/h7-9,12-13,18H,10-11,14-16H2,1-6H3;1H/q+1;/p-1/t18-;/m1./s1. The lowest BCUT2D eigenvalue weighted by atomic mass is 10.1. The van der Waals surface area contributed by atoms with Crippen molar-refractivity contribution in [2.75, 3.05) is 19.4 Å². The summed E-state index contributed by atoms with van der Waals surface area (Å²) in [6.07, 6.45) is 6.03. The van der Waals surface area contributed by atoms with Gasteiger partial charge in [-0.3, -0.25) is 0 Å². The van der Waals surface area contributed by atoms with Crippen LogP contribution in [0.5, 0.6) is 0 Å². The van der Waals surface area contributed by atoms with Crippen molar-refractivity contribution in [3.63, 3.8) is 0 Å². The first-order chi connectivity index (χ1) is 11.3. The fourth-order valence-electron chi connectivity index (χ4n) is 2.92. The van der Waals surface area contributed by atoms with Crippen molar-refractivity contribution >= 4 is 25.1 Å². The number of hydrogen-bond acceptors (Lipinski definition) is 2. The molecule has 0 radical (unpaired) electrons. The Bertz CT molecular complexity index is 569. The van der Waals surface area contributed by atoms with Crippen LogP contribution in [0.3, 0.4) is 0 Å². The maximum absolute atomic E-state index is 6.63. The summed E-state index contributed by atoms with van der Waals surface area (Å²) in [7, 11) is -1.74. The summed E-state index contributed by atoms with van der Waals surface area (Å²) in [5.41, 5.74) is 1.38. The summed E-state index contributed by atoms with van der Waals surface area (Å²) in [4.78, 5) is 0. The summed E-state index contributed by atoms with van der Waals surface area (Å²) in [6.45, 7) is 13.6. The summed E-state index contributed by atoms with van der Waals surface area (Å²) in [6, 6.07) is 11.3. The van der Waals surface area contributed by atoms with Crippen molar-refractivity contribution in [2.45, 2.75) is 64.2 Å². The molecular weight excluding hydrogens is 457 g/mol. The zero-order chi connectivity index (χ0) is 17.8. The van der Waals surface area contributed by atoms with Gasteiger partial charge in [0.25, 0.3) is 0 Å². The molecule has 1 aliphatic rings. The molecule has 1 aromatic carbocycles. The van der Waals surface area contributed by atoms with Crippen molar-refractivity contribution in [3.05, 3.63) is 35.9 Å². The van der Waals surface area contributed by atoms with Gasteiger partial charge in [-0.25, -0.2) is 4.58 Å². The van der Waals surface area contributed by atoms with Gasteiger partial charge in [0, 0.05) is 18.4 Å². The second-order valence-electron chi connectivity index (χ2n) is 8.25. The summed E-state index contributed by atoms with van der Waals surface area (Å²) >= 11 is 1.91. The Kier molecular flexibility index (Phi) is 9.18. The fraction of sp³-hybridized carbons (Fsp3) is 0.650. The number of rotatable bonds is 5. The molecule has 25 heavy (non-hydrogen) atoms. The highest BCUT2D eigenvalue weighted by Gasteiger charge is 2.39. The molecule has 0 aliphatic carbocycles. The lowest BCUT2D eigenvalue weighted by Crippen LogP contribution is -3.00. The van der Waals surface area contributed by atoms with E-state index in [1.54, 1.807) is 0 Å². The smallest absolute Gasteiger partial charge is 0.210 e. The van der Waals surface area contributed by atoms with E-state index in [0.717, 1.165) is 13.2 Å². The Morgan fingerprint density at radius 2 is 1.80 bits per heavy atom. The normalized spacial score (nSPS) is 17.2. The van der Waals surface area contributed by atoms with Gasteiger partial charge in [-0.1, -0.05) is 62.9 Å². The molecule has 1 atom stereocenters. The van der Waals surface area contributed by atoms with Gasteiger partial charge in [0.2, 0.25) is 11.1 Å². The quantitative estimate of drug-likeness (QED) is 0.357. The summed E-state index contributed by atoms with van der Waals surface area (Å²) < 4.78 is 9.24. The van der Waals surface area contributed by atoms with E-state index < -0.39 is 8.32 Å². The molecule has 0 saturated heterocycles. The first kappa shape index (κ1) is 23.2. The van der Waals surface area contributed by atoms with Crippen molar-refractivity contribution in [2.24, 2.45) is 0 Å². The van der Waals surface area contributed by atoms with E-state index in [1.807, 2.05) is 11.8 Å². The molecule has 0 bridgehead atoms. The number of thioether (sulfide) groups is 1. The third-order valence-electron chi connectivity index (χ3n) is 5.56. The van der Waals surface area contributed by atoms with Crippen LogP contribution in [0.1, 0.15) is 51.6 Å². The molecule has 1 aliphatic heterocycles. The van der Waals surface area contributed by atoms with Gasteiger partial charge in [0.05, 0.1) is 0 Å². The highest BCUT2D eigenvalue weighted by molar-refractivity contribution is 8.13. The molecule has 0 amide bonds. The second kappa shape index (κ2) is 9.90. The molecule has 2 rings (SSSR count). The van der Waals surface area contributed by atoms with Crippen LogP contribution in [0.2, 0.25) is 18.1 Å². The van der Waals surface area contributed by atoms with Crippen molar-refractivity contribution in [1.29, 1.82) is 0 Å². The minimum atomic E-state index is -1.74. The first-order valence-corrected chi connectivity index (χ1v) is 13.2. The molecule has 5 heteroatoms. The molecule has 0 saturated carbocycles. The van der Waals surface area contributed by atoms with Crippen molar-refractivity contribution in [1.82, 2.24) is 0 Å². The van der Waals surface area contributed by atoms with Gasteiger partial charge in [0.15, 0.2) is 8.32 Å². The second-order valence-corrected chi connectivity index (χ2v) is 13.9. The molecule has 0 unspecified atom stereocenters. The maximum atomic E-state index is 6.63. The predicted molar refractivity (Wildman–Crippen MR) is 110 cm³/mol. The van der Waals surface area contributed by atoms with E-state index >= 15 is 0 Å². The van der Waals surface area contributed by atoms with Crippen LogP contribution in [0.25, 0.3) is 0 Å². The van der Waals surface area contributed by atoms with Crippen molar-refractivity contribution < 1.29 is 33.0 Å². The average molecular weight is 492 g/mol. The molecule has 0 spiro atoms. The van der Waals surface area contributed by atoms with Gasteiger partial charge in [-0.15, -0.1) is 0 Å². The van der Waals surface area contributed by atoms with Gasteiger partial charge in [-0.05, 0) is 30.8 Å². The minimum absolute atomic E-state index is 0. The molecule has 2 nitrogen and oxygen atoms in total. The van der Waals surface area contributed by atoms with Crippen LogP contribution in [0.4, 0.5) is 0 Å². The van der Waals surface area contributed by atoms with E-state index in [0.29, 0.717) is 6.04 Å². The van der Waals surface area contributed by atoms with Gasteiger partial charge in [-0.2, -0.15) is 0 Å². The fourth-order valence-corrected chi connectivity index (χ4v) is 4.73. The Morgan fingerprint density at radius 1 is 1.16 bits per heavy atom. The number of hydrogen-bond donors (Lipinski definition) is 0. The van der Waals surface area contributed by atoms with Gasteiger partial charge >= 0.3 is 0 Å².